The standard InChI is InChI=1S/C16H16FN3S/c1-3-14(18-2)16-20-19-15(21-16)12-8-9-13(17)11-7-5-4-6-10(11)12/h4-9,14,18H,3H2,1-2H3. The molecule has 3 nitrogen and oxygen atoms in total. The molecular formula is C16H16FN3S. The Hall–Kier alpha value is -1.85. The van der Waals surface area contributed by atoms with E-state index in [2.05, 4.69) is 22.4 Å². The van der Waals surface area contributed by atoms with Crippen LogP contribution in [-0.4, -0.2) is 17.2 Å². The fourth-order valence-corrected chi connectivity index (χ4v) is 3.51. The van der Waals surface area contributed by atoms with E-state index in [0.717, 1.165) is 27.4 Å². The molecule has 3 rings (SSSR count). The van der Waals surface area contributed by atoms with Gasteiger partial charge in [0.25, 0.3) is 0 Å². The first-order chi connectivity index (χ1) is 10.2. The topological polar surface area (TPSA) is 37.8 Å². The zero-order valence-electron chi connectivity index (χ0n) is 11.9. The average molecular weight is 301 g/mol. The minimum atomic E-state index is -0.208. The van der Waals surface area contributed by atoms with Crippen LogP contribution in [0.5, 0.6) is 0 Å². The van der Waals surface area contributed by atoms with E-state index in [-0.39, 0.29) is 11.9 Å². The molecule has 21 heavy (non-hydrogen) atoms. The van der Waals surface area contributed by atoms with E-state index >= 15 is 0 Å². The first-order valence-electron chi connectivity index (χ1n) is 6.93. The van der Waals surface area contributed by atoms with Crippen LogP contribution in [0.1, 0.15) is 24.4 Å². The van der Waals surface area contributed by atoms with E-state index in [1.807, 2.05) is 25.2 Å². The molecule has 0 bridgehead atoms. The number of hydrogen-bond donors (Lipinski definition) is 1. The van der Waals surface area contributed by atoms with E-state index in [0.29, 0.717) is 5.39 Å². The monoisotopic (exact) mass is 301 g/mol. The van der Waals surface area contributed by atoms with Crippen molar-refractivity contribution in [2.75, 3.05) is 7.05 Å². The lowest BCUT2D eigenvalue weighted by molar-refractivity contribution is 0.568. The second-order valence-corrected chi connectivity index (χ2v) is 5.84. The molecule has 0 saturated carbocycles. The molecule has 1 unspecified atom stereocenters. The third kappa shape index (κ3) is 2.54. The molecule has 2 aromatic carbocycles. The van der Waals surface area contributed by atoms with Gasteiger partial charge in [0.05, 0.1) is 6.04 Å². The van der Waals surface area contributed by atoms with Gasteiger partial charge >= 0.3 is 0 Å². The van der Waals surface area contributed by atoms with Gasteiger partial charge in [-0.1, -0.05) is 42.5 Å². The summed E-state index contributed by atoms with van der Waals surface area (Å²) in [5.74, 6) is -0.208. The van der Waals surface area contributed by atoms with Crippen LogP contribution >= 0.6 is 11.3 Å². The summed E-state index contributed by atoms with van der Waals surface area (Å²) in [5.41, 5.74) is 0.932. The highest BCUT2D eigenvalue weighted by Gasteiger charge is 2.16. The summed E-state index contributed by atoms with van der Waals surface area (Å²) in [4.78, 5) is 0. The summed E-state index contributed by atoms with van der Waals surface area (Å²) in [6.07, 6.45) is 0.954. The molecule has 3 aromatic rings. The van der Waals surface area contributed by atoms with Crippen LogP contribution in [-0.2, 0) is 0 Å². The quantitative estimate of drug-likeness (QED) is 0.786. The minimum absolute atomic E-state index is 0.208. The first-order valence-corrected chi connectivity index (χ1v) is 7.74. The maximum absolute atomic E-state index is 13.9. The van der Waals surface area contributed by atoms with Crippen molar-refractivity contribution in [3.8, 4) is 10.6 Å². The van der Waals surface area contributed by atoms with Crippen LogP contribution in [0.3, 0.4) is 0 Å². The van der Waals surface area contributed by atoms with Crippen LogP contribution in [0.25, 0.3) is 21.3 Å². The molecule has 1 heterocycles. The molecular weight excluding hydrogens is 285 g/mol. The molecule has 108 valence electrons. The Morgan fingerprint density at radius 3 is 2.62 bits per heavy atom. The summed E-state index contributed by atoms with van der Waals surface area (Å²) < 4.78 is 13.9. The normalized spacial score (nSPS) is 12.7. The number of nitrogens with zero attached hydrogens (tertiary/aromatic N) is 2. The Balaban J connectivity index is 2.11. The predicted octanol–water partition coefficient (Wildman–Crippen LogP) is 4.17. The molecule has 0 fully saturated rings. The Morgan fingerprint density at radius 2 is 1.90 bits per heavy atom. The molecule has 0 amide bonds. The fraction of sp³-hybridized carbons (Fsp3) is 0.250. The van der Waals surface area contributed by atoms with Crippen molar-refractivity contribution in [1.82, 2.24) is 15.5 Å². The van der Waals surface area contributed by atoms with Gasteiger partial charge in [0.1, 0.15) is 15.8 Å². The summed E-state index contributed by atoms with van der Waals surface area (Å²) in [5, 5.41) is 15.1. The van der Waals surface area contributed by atoms with E-state index in [1.54, 1.807) is 23.5 Å². The van der Waals surface area contributed by atoms with Crippen LogP contribution in [0.2, 0.25) is 0 Å². The van der Waals surface area contributed by atoms with Crippen molar-refractivity contribution in [2.24, 2.45) is 0 Å². The van der Waals surface area contributed by atoms with Crippen molar-refractivity contribution in [3.05, 3.63) is 47.2 Å². The van der Waals surface area contributed by atoms with Crippen molar-refractivity contribution < 1.29 is 4.39 Å². The highest BCUT2D eigenvalue weighted by molar-refractivity contribution is 7.14. The number of benzene rings is 2. The van der Waals surface area contributed by atoms with Gasteiger partial charge in [-0.3, -0.25) is 0 Å². The second-order valence-electron chi connectivity index (χ2n) is 4.84. The molecule has 1 aromatic heterocycles. The zero-order chi connectivity index (χ0) is 14.8. The fourth-order valence-electron chi connectivity index (χ4n) is 2.44. The molecule has 1 atom stereocenters. The Bertz CT molecular complexity index is 765. The van der Waals surface area contributed by atoms with Gasteiger partial charge in [0.15, 0.2) is 0 Å². The van der Waals surface area contributed by atoms with Crippen LogP contribution in [0, 0.1) is 5.82 Å². The van der Waals surface area contributed by atoms with E-state index in [9.17, 15) is 4.39 Å². The highest BCUT2D eigenvalue weighted by atomic mass is 32.1. The molecule has 1 N–H and O–H groups in total. The van der Waals surface area contributed by atoms with E-state index in [1.165, 1.54) is 6.07 Å². The molecule has 0 saturated heterocycles. The van der Waals surface area contributed by atoms with Gasteiger partial charge in [-0.25, -0.2) is 4.39 Å². The third-order valence-electron chi connectivity index (χ3n) is 3.60. The van der Waals surface area contributed by atoms with Gasteiger partial charge in [-0.05, 0) is 31.0 Å². The number of aromatic nitrogens is 2. The lowest BCUT2D eigenvalue weighted by Crippen LogP contribution is -2.14. The summed E-state index contributed by atoms with van der Waals surface area (Å²) >= 11 is 1.56. The highest BCUT2D eigenvalue weighted by Crippen LogP contribution is 2.33. The second kappa shape index (κ2) is 5.87. The summed E-state index contributed by atoms with van der Waals surface area (Å²) in [6, 6.07) is 11.0. The Kier molecular flexibility index (Phi) is 3.94. The smallest absolute Gasteiger partial charge is 0.148 e. The lowest BCUT2D eigenvalue weighted by atomic mass is 10.0. The summed E-state index contributed by atoms with van der Waals surface area (Å²) in [7, 11) is 1.92. The number of fused-ring (bicyclic) bond motifs is 1. The third-order valence-corrected chi connectivity index (χ3v) is 4.67. The van der Waals surface area contributed by atoms with Gasteiger partial charge in [0, 0.05) is 10.9 Å². The van der Waals surface area contributed by atoms with Crippen molar-refractivity contribution >= 4 is 22.1 Å². The predicted molar refractivity (Wildman–Crippen MR) is 84.9 cm³/mol. The van der Waals surface area contributed by atoms with Crippen LogP contribution < -0.4 is 5.32 Å². The molecule has 0 spiro atoms. The van der Waals surface area contributed by atoms with Crippen LogP contribution in [0.4, 0.5) is 4.39 Å². The van der Waals surface area contributed by atoms with Crippen molar-refractivity contribution in [2.45, 2.75) is 19.4 Å². The maximum atomic E-state index is 13.9. The van der Waals surface area contributed by atoms with Crippen LogP contribution in [0.15, 0.2) is 36.4 Å². The molecule has 0 aliphatic heterocycles. The molecule has 0 radical (unpaired) electrons. The molecule has 5 heteroatoms. The average Bonchev–Trinajstić information content (AvgIpc) is 2.99. The Morgan fingerprint density at radius 1 is 1.14 bits per heavy atom. The SMILES string of the molecule is CCC(NC)c1nnc(-c2ccc(F)c3ccccc23)s1. The molecule has 0 aliphatic carbocycles. The summed E-state index contributed by atoms with van der Waals surface area (Å²) in [6.45, 7) is 2.11. The molecule has 0 aliphatic rings. The van der Waals surface area contributed by atoms with Gasteiger partial charge in [0.2, 0.25) is 0 Å². The number of rotatable bonds is 4. The lowest BCUT2D eigenvalue weighted by Gasteiger charge is -2.08. The number of halogens is 1. The maximum Gasteiger partial charge on any atom is 0.148 e. The Labute approximate surface area is 126 Å². The first kappa shape index (κ1) is 14.1. The zero-order valence-corrected chi connectivity index (χ0v) is 12.7. The number of nitrogens with one attached hydrogen (secondary N) is 1. The largest absolute Gasteiger partial charge is 0.311 e. The van der Waals surface area contributed by atoms with Gasteiger partial charge in [-0.2, -0.15) is 0 Å². The van der Waals surface area contributed by atoms with Crippen molar-refractivity contribution in [3.63, 3.8) is 0 Å². The van der Waals surface area contributed by atoms with E-state index in [4.69, 9.17) is 0 Å². The van der Waals surface area contributed by atoms with Gasteiger partial charge in [-0.15, -0.1) is 10.2 Å². The van der Waals surface area contributed by atoms with Gasteiger partial charge < -0.3 is 5.32 Å². The minimum Gasteiger partial charge on any atom is -0.311 e. The number of hydrogen-bond acceptors (Lipinski definition) is 4. The van der Waals surface area contributed by atoms with E-state index < -0.39 is 0 Å². The van der Waals surface area contributed by atoms with Crippen molar-refractivity contribution in [1.29, 1.82) is 0 Å².